The standard InChI is InChI=1S/C15H18N2O5/c18-8-11-12(19)5-6-16(11)13(20)7-17-14(21)9-3-1-2-4-10(9)15(17)22/h1-4,11-13,18-20H,5-8H2/t11-,12-,13?/m1/s1. The number of carbonyl (C=O) groups excluding carboxylic acids is 2. The number of hydrogen-bond donors (Lipinski definition) is 3. The largest absolute Gasteiger partial charge is 0.395 e. The van der Waals surface area contributed by atoms with Gasteiger partial charge in [-0.15, -0.1) is 0 Å². The summed E-state index contributed by atoms with van der Waals surface area (Å²) < 4.78 is 0. The summed E-state index contributed by atoms with van der Waals surface area (Å²) in [5.74, 6) is -0.861. The third kappa shape index (κ3) is 2.32. The van der Waals surface area contributed by atoms with Crippen LogP contribution < -0.4 is 0 Å². The molecule has 0 aromatic heterocycles. The predicted octanol–water partition coefficient (Wildman–Crippen LogP) is -0.972. The third-order valence-corrected chi connectivity index (χ3v) is 4.35. The van der Waals surface area contributed by atoms with Crippen LogP contribution in [0.3, 0.4) is 0 Å². The lowest BCUT2D eigenvalue weighted by Gasteiger charge is -2.31. The van der Waals surface area contributed by atoms with Crippen molar-refractivity contribution in [3.8, 4) is 0 Å². The molecule has 0 radical (unpaired) electrons. The van der Waals surface area contributed by atoms with Crippen molar-refractivity contribution in [2.45, 2.75) is 24.8 Å². The van der Waals surface area contributed by atoms with E-state index < -0.39 is 30.2 Å². The van der Waals surface area contributed by atoms with Crippen molar-refractivity contribution in [2.75, 3.05) is 19.7 Å². The third-order valence-electron chi connectivity index (χ3n) is 4.35. The highest BCUT2D eigenvalue weighted by molar-refractivity contribution is 6.21. The van der Waals surface area contributed by atoms with Crippen molar-refractivity contribution in [2.24, 2.45) is 0 Å². The molecule has 3 atom stereocenters. The molecular formula is C15H18N2O5. The molecular weight excluding hydrogens is 288 g/mol. The van der Waals surface area contributed by atoms with Crippen LogP contribution in [-0.4, -0.2) is 75.0 Å². The van der Waals surface area contributed by atoms with E-state index in [2.05, 4.69) is 0 Å². The molecule has 1 saturated heterocycles. The Labute approximate surface area is 127 Å². The molecule has 0 spiro atoms. The number of β-amino-alcohol motifs (C(OH)–C–C–N with tert-alkyl or cyclic N) is 1. The average Bonchev–Trinajstić information content (AvgIpc) is 3.01. The zero-order valence-electron chi connectivity index (χ0n) is 11.9. The minimum atomic E-state index is -1.11. The number of imide groups is 1. The zero-order chi connectivity index (χ0) is 15.9. The van der Waals surface area contributed by atoms with E-state index in [1.165, 1.54) is 4.90 Å². The second-order valence-corrected chi connectivity index (χ2v) is 5.59. The van der Waals surface area contributed by atoms with E-state index in [0.717, 1.165) is 4.90 Å². The monoisotopic (exact) mass is 306 g/mol. The highest BCUT2D eigenvalue weighted by Crippen LogP contribution is 2.25. The van der Waals surface area contributed by atoms with E-state index in [1.807, 2.05) is 0 Å². The van der Waals surface area contributed by atoms with E-state index in [9.17, 15) is 24.9 Å². The fourth-order valence-corrected chi connectivity index (χ4v) is 3.13. The summed E-state index contributed by atoms with van der Waals surface area (Å²) >= 11 is 0. The van der Waals surface area contributed by atoms with Gasteiger partial charge in [-0.2, -0.15) is 0 Å². The molecule has 0 saturated carbocycles. The highest BCUT2D eigenvalue weighted by Gasteiger charge is 2.41. The van der Waals surface area contributed by atoms with Crippen molar-refractivity contribution < 1.29 is 24.9 Å². The number of aliphatic hydroxyl groups excluding tert-OH is 3. The first-order valence-electron chi connectivity index (χ1n) is 7.22. The first kappa shape index (κ1) is 15.1. The number of hydrogen-bond acceptors (Lipinski definition) is 6. The number of nitrogens with zero attached hydrogens (tertiary/aromatic N) is 2. The van der Waals surface area contributed by atoms with Crippen LogP contribution in [0.15, 0.2) is 24.3 Å². The number of likely N-dealkylation sites (tertiary alicyclic amines) is 1. The van der Waals surface area contributed by atoms with Crippen LogP contribution in [-0.2, 0) is 0 Å². The van der Waals surface area contributed by atoms with E-state index >= 15 is 0 Å². The van der Waals surface area contributed by atoms with Gasteiger partial charge in [0.2, 0.25) is 0 Å². The molecule has 7 nitrogen and oxygen atoms in total. The number of aliphatic hydroxyl groups is 3. The first-order valence-corrected chi connectivity index (χ1v) is 7.22. The van der Waals surface area contributed by atoms with Gasteiger partial charge in [0.05, 0.1) is 36.4 Å². The van der Waals surface area contributed by atoms with Crippen LogP contribution in [0.1, 0.15) is 27.1 Å². The van der Waals surface area contributed by atoms with E-state index in [1.54, 1.807) is 24.3 Å². The van der Waals surface area contributed by atoms with Crippen molar-refractivity contribution in [1.29, 1.82) is 0 Å². The summed E-state index contributed by atoms with van der Waals surface area (Å²) in [5, 5.41) is 29.4. The van der Waals surface area contributed by atoms with E-state index in [4.69, 9.17) is 0 Å². The van der Waals surface area contributed by atoms with Crippen LogP contribution in [0.25, 0.3) is 0 Å². The van der Waals surface area contributed by atoms with Gasteiger partial charge in [-0.05, 0) is 18.6 Å². The van der Waals surface area contributed by atoms with Crippen LogP contribution in [0, 0.1) is 0 Å². The van der Waals surface area contributed by atoms with Crippen molar-refractivity contribution in [1.82, 2.24) is 9.80 Å². The predicted molar refractivity (Wildman–Crippen MR) is 76.0 cm³/mol. The Kier molecular flexibility index (Phi) is 3.96. The maximum absolute atomic E-state index is 12.2. The van der Waals surface area contributed by atoms with Gasteiger partial charge in [0.25, 0.3) is 11.8 Å². The normalized spacial score (nSPS) is 26.6. The van der Waals surface area contributed by atoms with Crippen LogP contribution in [0.4, 0.5) is 0 Å². The van der Waals surface area contributed by atoms with Crippen molar-refractivity contribution >= 4 is 11.8 Å². The summed E-state index contributed by atoms with van der Waals surface area (Å²) in [4.78, 5) is 27.0. The van der Waals surface area contributed by atoms with Crippen molar-refractivity contribution in [3.63, 3.8) is 0 Å². The molecule has 2 aliphatic rings. The molecule has 2 amide bonds. The number of rotatable bonds is 4. The average molecular weight is 306 g/mol. The number of amides is 2. The molecule has 118 valence electrons. The minimum absolute atomic E-state index is 0.185. The minimum Gasteiger partial charge on any atom is -0.395 e. The smallest absolute Gasteiger partial charge is 0.261 e. The lowest BCUT2D eigenvalue weighted by molar-refractivity contribution is -0.0470. The number of benzene rings is 1. The quantitative estimate of drug-likeness (QED) is 0.619. The molecule has 2 aliphatic heterocycles. The highest BCUT2D eigenvalue weighted by atomic mass is 16.3. The van der Waals surface area contributed by atoms with Gasteiger partial charge in [-0.3, -0.25) is 19.4 Å². The molecule has 0 aliphatic carbocycles. The van der Waals surface area contributed by atoms with Gasteiger partial charge in [0.15, 0.2) is 0 Å². The summed E-state index contributed by atoms with van der Waals surface area (Å²) in [6, 6.07) is 5.95. The lowest BCUT2D eigenvalue weighted by Crippen LogP contribution is -2.50. The first-order chi connectivity index (χ1) is 10.5. The second-order valence-electron chi connectivity index (χ2n) is 5.59. The molecule has 7 heteroatoms. The summed E-state index contributed by atoms with van der Waals surface area (Å²) in [5.41, 5.74) is 0.666. The van der Waals surface area contributed by atoms with Crippen LogP contribution >= 0.6 is 0 Å². The Morgan fingerprint density at radius 2 is 1.77 bits per heavy atom. The van der Waals surface area contributed by atoms with Crippen LogP contribution in [0.2, 0.25) is 0 Å². The van der Waals surface area contributed by atoms with Gasteiger partial charge in [-0.1, -0.05) is 12.1 Å². The zero-order valence-corrected chi connectivity index (χ0v) is 11.9. The topological polar surface area (TPSA) is 101 Å². The van der Waals surface area contributed by atoms with Crippen LogP contribution in [0.5, 0.6) is 0 Å². The number of carbonyl (C=O) groups is 2. The Bertz CT molecular complexity index is 570. The molecule has 3 rings (SSSR count). The summed E-state index contributed by atoms with van der Waals surface area (Å²) in [6.07, 6.45) is -1.40. The Balaban J connectivity index is 1.74. The molecule has 0 bridgehead atoms. The molecule has 3 N–H and O–H groups in total. The SMILES string of the molecule is O=C1c2ccccc2C(=O)N1CC(O)N1CC[C@@H](O)[C@H]1CO. The number of fused-ring (bicyclic) bond motifs is 1. The summed E-state index contributed by atoms with van der Waals surface area (Å²) in [6.45, 7) is -0.0767. The fraction of sp³-hybridized carbons (Fsp3) is 0.467. The molecule has 1 fully saturated rings. The van der Waals surface area contributed by atoms with Gasteiger partial charge in [-0.25, -0.2) is 0 Å². The fourth-order valence-electron chi connectivity index (χ4n) is 3.13. The second kappa shape index (κ2) is 5.77. The van der Waals surface area contributed by atoms with E-state index in [-0.39, 0.29) is 13.2 Å². The van der Waals surface area contributed by atoms with Gasteiger partial charge >= 0.3 is 0 Å². The maximum atomic E-state index is 12.2. The van der Waals surface area contributed by atoms with Crippen molar-refractivity contribution in [3.05, 3.63) is 35.4 Å². The van der Waals surface area contributed by atoms with Gasteiger partial charge in [0, 0.05) is 6.54 Å². The molecule has 1 aromatic carbocycles. The Morgan fingerprint density at radius 1 is 1.18 bits per heavy atom. The Hall–Kier alpha value is -1.80. The Morgan fingerprint density at radius 3 is 2.32 bits per heavy atom. The van der Waals surface area contributed by atoms with Gasteiger partial charge in [0.1, 0.15) is 6.23 Å². The van der Waals surface area contributed by atoms with Gasteiger partial charge < -0.3 is 15.3 Å². The lowest BCUT2D eigenvalue weighted by atomic mass is 10.1. The van der Waals surface area contributed by atoms with E-state index in [0.29, 0.717) is 24.1 Å². The molecule has 22 heavy (non-hydrogen) atoms. The maximum Gasteiger partial charge on any atom is 0.261 e. The molecule has 2 heterocycles. The summed E-state index contributed by atoms with van der Waals surface area (Å²) in [7, 11) is 0. The molecule has 1 unspecified atom stereocenters. The molecule has 1 aromatic rings.